The second-order valence-electron chi connectivity index (χ2n) is 3.18. The quantitative estimate of drug-likeness (QED) is 0.568. The van der Waals surface area contributed by atoms with Crippen molar-refractivity contribution in [2.45, 2.75) is 38.8 Å². The minimum absolute atomic E-state index is 0.0776. The maximum Gasteiger partial charge on any atom is 0.0592 e. The number of nitrogens with one attached hydrogen (secondary N) is 1. The third-order valence-corrected chi connectivity index (χ3v) is 2.53. The van der Waals surface area contributed by atoms with Crippen LogP contribution in [0.4, 0.5) is 0 Å². The second kappa shape index (κ2) is 3.35. The molecule has 0 spiro atoms. The highest BCUT2D eigenvalue weighted by Crippen LogP contribution is 2.18. The van der Waals surface area contributed by atoms with Gasteiger partial charge in [-0.1, -0.05) is 13.8 Å². The summed E-state index contributed by atoms with van der Waals surface area (Å²) in [5.41, 5.74) is 0. The van der Waals surface area contributed by atoms with Crippen LogP contribution >= 0.6 is 0 Å². The van der Waals surface area contributed by atoms with Crippen LogP contribution in [0, 0.1) is 5.92 Å². The molecule has 1 aliphatic rings. The van der Waals surface area contributed by atoms with Gasteiger partial charge in [0.05, 0.1) is 6.10 Å². The SMILES string of the molecule is CC[C@H]1NCC[C@@H](O)[C@@H]1C. The minimum Gasteiger partial charge on any atom is -0.393 e. The van der Waals surface area contributed by atoms with E-state index in [1.807, 2.05) is 0 Å². The van der Waals surface area contributed by atoms with Crippen molar-refractivity contribution < 1.29 is 5.11 Å². The smallest absolute Gasteiger partial charge is 0.0592 e. The Morgan fingerprint density at radius 1 is 1.60 bits per heavy atom. The molecule has 1 rings (SSSR count). The Bertz CT molecular complexity index is 105. The van der Waals surface area contributed by atoms with Gasteiger partial charge in [-0.05, 0) is 25.3 Å². The molecule has 1 fully saturated rings. The zero-order valence-electron chi connectivity index (χ0n) is 6.80. The van der Waals surface area contributed by atoms with E-state index in [4.69, 9.17) is 0 Å². The molecule has 3 atom stereocenters. The maximum absolute atomic E-state index is 9.44. The van der Waals surface area contributed by atoms with Crippen LogP contribution in [0.3, 0.4) is 0 Å². The van der Waals surface area contributed by atoms with Gasteiger partial charge in [-0.25, -0.2) is 0 Å². The average molecular weight is 143 g/mol. The molecule has 1 aliphatic heterocycles. The molecule has 0 aromatic carbocycles. The van der Waals surface area contributed by atoms with Gasteiger partial charge in [-0.15, -0.1) is 0 Å². The molecule has 2 N–H and O–H groups in total. The summed E-state index contributed by atoms with van der Waals surface area (Å²) in [6.45, 7) is 5.25. The van der Waals surface area contributed by atoms with E-state index in [0.29, 0.717) is 12.0 Å². The van der Waals surface area contributed by atoms with Crippen LogP contribution in [0.15, 0.2) is 0 Å². The van der Waals surface area contributed by atoms with E-state index in [0.717, 1.165) is 19.4 Å². The third kappa shape index (κ3) is 1.50. The van der Waals surface area contributed by atoms with E-state index in [1.54, 1.807) is 0 Å². The fourth-order valence-electron chi connectivity index (χ4n) is 1.65. The van der Waals surface area contributed by atoms with Crippen LogP contribution in [0.2, 0.25) is 0 Å². The first kappa shape index (κ1) is 8.02. The molecule has 0 aromatic heterocycles. The van der Waals surface area contributed by atoms with Crippen LogP contribution < -0.4 is 5.32 Å². The van der Waals surface area contributed by atoms with Crippen molar-refractivity contribution in [1.82, 2.24) is 5.32 Å². The molecule has 0 saturated carbocycles. The van der Waals surface area contributed by atoms with Gasteiger partial charge in [0.2, 0.25) is 0 Å². The summed E-state index contributed by atoms with van der Waals surface area (Å²) >= 11 is 0. The molecule has 0 unspecified atom stereocenters. The average Bonchev–Trinajstić information content (AvgIpc) is 1.95. The van der Waals surface area contributed by atoms with E-state index in [1.165, 1.54) is 0 Å². The van der Waals surface area contributed by atoms with E-state index in [-0.39, 0.29) is 6.10 Å². The maximum atomic E-state index is 9.44. The van der Waals surface area contributed by atoms with Crippen LogP contribution in [-0.4, -0.2) is 23.8 Å². The van der Waals surface area contributed by atoms with Gasteiger partial charge >= 0.3 is 0 Å². The Balaban J connectivity index is 2.42. The third-order valence-electron chi connectivity index (χ3n) is 2.53. The number of aliphatic hydroxyl groups is 1. The standard InChI is InChI=1S/C8H17NO/c1-3-7-6(2)8(10)4-5-9-7/h6-10H,3-5H2,1-2H3/t6-,7-,8-/m1/s1. The normalized spacial score (nSPS) is 41.7. The molecule has 10 heavy (non-hydrogen) atoms. The van der Waals surface area contributed by atoms with Gasteiger partial charge in [0.1, 0.15) is 0 Å². The van der Waals surface area contributed by atoms with Crippen LogP contribution in [0.1, 0.15) is 26.7 Å². The molecule has 0 aromatic rings. The van der Waals surface area contributed by atoms with Crippen molar-refractivity contribution in [2.75, 3.05) is 6.54 Å². The summed E-state index contributed by atoms with van der Waals surface area (Å²) in [7, 11) is 0. The monoisotopic (exact) mass is 143 g/mol. The predicted molar refractivity (Wildman–Crippen MR) is 41.9 cm³/mol. The summed E-state index contributed by atoms with van der Waals surface area (Å²) < 4.78 is 0. The van der Waals surface area contributed by atoms with Crippen molar-refractivity contribution in [1.29, 1.82) is 0 Å². The van der Waals surface area contributed by atoms with Crippen molar-refractivity contribution in [2.24, 2.45) is 5.92 Å². The van der Waals surface area contributed by atoms with Crippen LogP contribution in [0.25, 0.3) is 0 Å². The number of hydrogen-bond donors (Lipinski definition) is 2. The lowest BCUT2D eigenvalue weighted by atomic mass is 9.88. The van der Waals surface area contributed by atoms with Crippen molar-refractivity contribution in [3.05, 3.63) is 0 Å². The molecule has 0 amide bonds. The predicted octanol–water partition coefficient (Wildman–Crippen LogP) is 0.755. The zero-order valence-corrected chi connectivity index (χ0v) is 6.80. The van der Waals surface area contributed by atoms with Crippen LogP contribution in [-0.2, 0) is 0 Å². The molecule has 0 aliphatic carbocycles. The Morgan fingerprint density at radius 2 is 2.30 bits per heavy atom. The molecule has 1 heterocycles. The van der Waals surface area contributed by atoms with E-state index < -0.39 is 0 Å². The van der Waals surface area contributed by atoms with Gasteiger partial charge in [0.25, 0.3) is 0 Å². The topological polar surface area (TPSA) is 32.3 Å². The Hall–Kier alpha value is -0.0800. The first-order valence-electron chi connectivity index (χ1n) is 4.17. The Morgan fingerprint density at radius 3 is 2.80 bits per heavy atom. The summed E-state index contributed by atoms with van der Waals surface area (Å²) in [6.07, 6.45) is 1.96. The van der Waals surface area contributed by atoms with E-state index in [9.17, 15) is 5.11 Å². The number of rotatable bonds is 1. The van der Waals surface area contributed by atoms with Gasteiger partial charge < -0.3 is 10.4 Å². The summed E-state index contributed by atoms with van der Waals surface area (Å²) in [5, 5.41) is 12.8. The summed E-state index contributed by atoms with van der Waals surface area (Å²) in [6, 6.07) is 0.531. The first-order valence-corrected chi connectivity index (χ1v) is 4.17. The van der Waals surface area contributed by atoms with Gasteiger partial charge in [0, 0.05) is 6.04 Å². The number of aliphatic hydroxyl groups excluding tert-OH is 1. The number of hydrogen-bond acceptors (Lipinski definition) is 2. The first-order chi connectivity index (χ1) is 4.75. The highest BCUT2D eigenvalue weighted by molar-refractivity contribution is 4.82. The lowest BCUT2D eigenvalue weighted by molar-refractivity contribution is 0.0604. The van der Waals surface area contributed by atoms with Gasteiger partial charge in [-0.3, -0.25) is 0 Å². The van der Waals surface area contributed by atoms with E-state index in [2.05, 4.69) is 19.2 Å². The summed E-state index contributed by atoms with van der Waals surface area (Å²) in [5.74, 6) is 0.429. The van der Waals surface area contributed by atoms with E-state index >= 15 is 0 Å². The zero-order chi connectivity index (χ0) is 7.56. The molecule has 60 valence electrons. The second-order valence-corrected chi connectivity index (χ2v) is 3.18. The fourth-order valence-corrected chi connectivity index (χ4v) is 1.65. The van der Waals surface area contributed by atoms with Crippen molar-refractivity contribution >= 4 is 0 Å². The molecule has 1 saturated heterocycles. The highest BCUT2D eigenvalue weighted by Gasteiger charge is 2.26. The van der Waals surface area contributed by atoms with Gasteiger partial charge in [-0.2, -0.15) is 0 Å². The Kier molecular flexibility index (Phi) is 2.69. The molecular weight excluding hydrogens is 126 g/mol. The molecule has 0 bridgehead atoms. The lowest BCUT2D eigenvalue weighted by Crippen LogP contribution is -2.46. The lowest BCUT2D eigenvalue weighted by Gasteiger charge is -2.33. The molecule has 2 nitrogen and oxygen atoms in total. The van der Waals surface area contributed by atoms with Crippen molar-refractivity contribution in [3.8, 4) is 0 Å². The highest BCUT2D eigenvalue weighted by atomic mass is 16.3. The largest absolute Gasteiger partial charge is 0.393 e. The fraction of sp³-hybridized carbons (Fsp3) is 1.00. The Labute approximate surface area is 62.6 Å². The van der Waals surface area contributed by atoms with Gasteiger partial charge in [0.15, 0.2) is 0 Å². The summed E-state index contributed by atoms with van der Waals surface area (Å²) in [4.78, 5) is 0. The van der Waals surface area contributed by atoms with Crippen LogP contribution in [0.5, 0.6) is 0 Å². The number of piperidine rings is 1. The molecule has 0 radical (unpaired) electrons. The molecule has 2 heteroatoms. The van der Waals surface area contributed by atoms with Crippen molar-refractivity contribution in [3.63, 3.8) is 0 Å². The molecular formula is C8H17NO. The minimum atomic E-state index is -0.0776.